The van der Waals surface area contributed by atoms with Crippen molar-refractivity contribution in [1.82, 2.24) is 4.90 Å². The molecule has 0 N–H and O–H groups in total. The Hall–Kier alpha value is -2.61. The third-order valence-electron chi connectivity index (χ3n) is 5.11. The van der Waals surface area contributed by atoms with Crippen molar-refractivity contribution in [2.75, 3.05) is 25.7 Å². The van der Waals surface area contributed by atoms with E-state index < -0.39 is 40.7 Å². The Morgan fingerprint density at radius 1 is 1.24 bits per heavy atom. The first-order chi connectivity index (χ1) is 15.7. The molecular weight excluding hydrogens is 569 g/mol. The quantitative estimate of drug-likeness (QED) is 0.153. The van der Waals surface area contributed by atoms with Crippen molar-refractivity contribution >= 4 is 63.3 Å². The van der Waals surface area contributed by atoms with Gasteiger partial charge in [0.1, 0.15) is 11.1 Å². The molecule has 1 heterocycles. The molecule has 174 valence electrons. The van der Waals surface area contributed by atoms with E-state index in [0.717, 1.165) is 19.4 Å². The van der Waals surface area contributed by atoms with E-state index in [1.54, 1.807) is 24.3 Å². The topological polar surface area (TPSA) is 119 Å². The number of nitro groups is 1. The van der Waals surface area contributed by atoms with E-state index in [4.69, 9.17) is 21.1 Å². The molecule has 1 aliphatic heterocycles. The second kappa shape index (κ2) is 10.5. The van der Waals surface area contributed by atoms with Crippen molar-refractivity contribution in [2.45, 2.75) is 18.8 Å². The van der Waals surface area contributed by atoms with E-state index in [1.807, 2.05) is 0 Å². The molecule has 1 saturated heterocycles. The summed E-state index contributed by atoms with van der Waals surface area (Å²) in [5.41, 5.74) is -0.130. The minimum absolute atomic E-state index is 0.0648. The maximum Gasteiger partial charge on any atom is 0.288 e. The van der Waals surface area contributed by atoms with Crippen LogP contribution in [0.1, 0.15) is 16.8 Å². The molecule has 0 aliphatic carbocycles. The van der Waals surface area contributed by atoms with Crippen LogP contribution >= 0.6 is 34.2 Å². The standard InChI is InChI=1S/C21H19ClIN3O7/c1-32-19(33-2)11-24(20(28)12-3-8-15(22)16(9-12)26(30)31)17-10-18(27)25(21(17)29)14-6-4-13(23)5-7-14/h3-9,17,19H,10-11H2,1-2H3. The highest BCUT2D eigenvalue weighted by Crippen LogP contribution is 2.30. The summed E-state index contributed by atoms with van der Waals surface area (Å²) < 4.78 is 11.3. The van der Waals surface area contributed by atoms with Gasteiger partial charge in [-0.2, -0.15) is 0 Å². The lowest BCUT2D eigenvalue weighted by Crippen LogP contribution is -2.49. The summed E-state index contributed by atoms with van der Waals surface area (Å²) in [6.07, 6.45) is -1.15. The van der Waals surface area contributed by atoms with Crippen LogP contribution in [0.4, 0.5) is 11.4 Å². The second-order valence-corrected chi connectivity index (χ2v) is 8.70. The maximum absolute atomic E-state index is 13.4. The molecule has 12 heteroatoms. The number of hydrogen-bond acceptors (Lipinski definition) is 7. The van der Waals surface area contributed by atoms with E-state index in [1.165, 1.54) is 26.4 Å². The van der Waals surface area contributed by atoms with Crippen LogP contribution in [-0.4, -0.2) is 60.6 Å². The molecular formula is C21H19ClIN3O7. The third-order valence-corrected chi connectivity index (χ3v) is 6.14. The van der Waals surface area contributed by atoms with Crippen molar-refractivity contribution < 1.29 is 28.8 Å². The zero-order chi connectivity index (χ0) is 24.3. The molecule has 2 aromatic carbocycles. The van der Waals surface area contributed by atoms with Crippen LogP contribution in [-0.2, 0) is 19.1 Å². The molecule has 1 unspecified atom stereocenters. The van der Waals surface area contributed by atoms with Gasteiger partial charge in [0.05, 0.1) is 23.6 Å². The average molecular weight is 588 g/mol. The Kier molecular flexibility index (Phi) is 8.00. The van der Waals surface area contributed by atoms with Crippen LogP contribution in [0.15, 0.2) is 42.5 Å². The molecule has 0 bridgehead atoms. The van der Waals surface area contributed by atoms with Crippen LogP contribution < -0.4 is 4.90 Å². The minimum atomic E-state index is -1.15. The number of benzene rings is 2. The normalized spacial score (nSPS) is 15.9. The summed E-state index contributed by atoms with van der Waals surface area (Å²) in [5.74, 6) is -1.77. The fourth-order valence-corrected chi connectivity index (χ4v) is 3.98. The molecule has 1 atom stereocenters. The number of methoxy groups -OCH3 is 2. The van der Waals surface area contributed by atoms with E-state index in [-0.39, 0.29) is 23.6 Å². The number of hydrogen-bond donors (Lipinski definition) is 0. The lowest BCUT2D eigenvalue weighted by atomic mass is 10.1. The van der Waals surface area contributed by atoms with Crippen molar-refractivity contribution in [2.24, 2.45) is 0 Å². The summed E-state index contributed by atoms with van der Waals surface area (Å²) in [6, 6.07) is 9.23. The Labute approximate surface area is 207 Å². The van der Waals surface area contributed by atoms with E-state index in [0.29, 0.717) is 5.69 Å². The van der Waals surface area contributed by atoms with Gasteiger partial charge in [-0.3, -0.25) is 24.5 Å². The van der Waals surface area contributed by atoms with Gasteiger partial charge < -0.3 is 14.4 Å². The summed E-state index contributed by atoms with van der Waals surface area (Å²) in [7, 11) is 2.73. The zero-order valence-corrected chi connectivity index (χ0v) is 20.5. The van der Waals surface area contributed by atoms with E-state index in [2.05, 4.69) is 22.6 Å². The number of nitro benzene ring substituents is 1. The number of nitrogens with zero attached hydrogens (tertiary/aromatic N) is 3. The number of amides is 3. The van der Waals surface area contributed by atoms with Gasteiger partial charge in [0.25, 0.3) is 17.5 Å². The second-order valence-electron chi connectivity index (χ2n) is 7.05. The van der Waals surface area contributed by atoms with E-state index >= 15 is 0 Å². The van der Waals surface area contributed by atoms with Gasteiger partial charge >= 0.3 is 0 Å². The molecule has 1 fully saturated rings. The Balaban J connectivity index is 1.99. The fraction of sp³-hybridized carbons (Fsp3) is 0.286. The van der Waals surface area contributed by atoms with Gasteiger partial charge in [0.2, 0.25) is 5.91 Å². The molecule has 2 aromatic rings. The van der Waals surface area contributed by atoms with Gasteiger partial charge in [0, 0.05) is 29.4 Å². The predicted molar refractivity (Wildman–Crippen MR) is 127 cm³/mol. The van der Waals surface area contributed by atoms with Crippen molar-refractivity contribution in [1.29, 1.82) is 0 Å². The molecule has 1 aliphatic rings. The highest BCUT2D eigenvalue weighted by Gasteiger charge is 2.45. The van der Waals surface area contributed by atoms with Crippen LogP contribution in [0.3, 0.4) is 0 Å². The van der Waals surface area contributed by atoms with Crippen LogP contribution in [0.25, 0.3) is 0 Å². The first kappa shape index (κ1) is 25.0. The smallest absolute Gasteiger partial charge is 0.288 e. The fourth-order valence-electron chi connectivity index (χ4n) is 3.43. The van der Waals surface area contributed by atoms with Gasteiger partial charge in [-0.15, -0.1) is 0 Å². The molecule has 3 amide bonds. The third kappa shape index (κ3) is 5.32. The first-order valence-corrected chi connectivity index (χ1v) is 11.1. The minimum Gasteiger partial charge on any atom is -0.354 e. The lowest BCUT2D eigenvalue weighted by molar-refractivity contribution is -0.384. The van der Waals surface area contributed by atoms with E-state index in [9.17, 15) is 24.5 Å². The molecule has 10 nitrogen and oxygen atoms in total. The Bertz CT molecular complexity index is 1090. The SMILES string of the molecule is COC(CN(C(=O)c1ccc(Cl)c([N+](=O)[O-])c1)C1CC(=O)N(c2ccc(I)cc2)C1=O)OC. The van der Waals surface area contributed by atoms with Crippen molar-refractivity contribution in [3.8, 4) is 0 Å². The summed E-state index contributed by atoms with van der Waals surface area (Å²) >= 11 is 7.96. The largest absolute Gasteiger partial charge is 0.354 e. The molecule has 0 aromatic heterocycles. The van der Waals surface area contributed by atoms with Gasteiger partial charge in [-0.05, 0) is 59.0 Å². The Morgan fingerprint density at radius 3 is 2.45 bits per heavy atom. The number of ether oxygens (including phenoxy) is 2. The molecule has 0 spiro atoms. The molecule has 33 heavy (non-hydrogen) atoms. The molecule has 0 radical (unpaired) electrons. The average Bonchev–Trinajstić information content (AvgIpc) is 3.08. The summed E-state index contributed by atoms with van der Waals surface area (Å²) in [6.45, 7) is -0.188. The highest BCUT2D eigenvalue weighted by molar-refractivity contribution is 14.1. The number of imide groups is 1. The molecule has 0 saturated carbocycles. The first-order valence-electron chi connectivity index (χ1n) is 9.60. The van der Waals surface area contributed by atoms with Gasteiger partial charge in [-0.1, -0.05) is 11.6 Å². The van der Waals surface area contributed by atoms with Crippen LogP contribution in [0, 0.1) is 13.7 Å². The zero-order valence-electron chi connectivity index (χ0n) is 17.6. The van der Waals surface area contributed by atoms with Gasteiger partial charge in [-0.25, -0.2) is 4.90 Å². The maximum atomic E-state index is 13.4. The van der Waals surface area contributed by atoms with Gasteiger partial charge in [0.15, 0.2) is 6.29 Å². The predicted octanol–water partition coefficient (Wildman–Crippen LogP) is 3.25. The number of rotatable bonds is 8. The van der Waals surface area contributed by atoms with Crippen molar-refractivity contribution in [3.05, 3.63) is 66.7 Å². The monoisotopic (exact) mass is 587 g/mol. The lowest BCUT2D eigenvalue weighted by Gasteiger charge is -2.30. The highest BCUT2D eigenvalue weighted by atomic mass is 127. The van der Waals surface area contributed by atoms with Crippen LogP contribution in [0.5, 0.6) is 0 Å². The molecule has 3 rings (SSSR count). The number of anilines is 1. The summed E-state index contributed by atoms with van der Waals surface area (Å²) in [4.78, 5) is 52.1. The Morgan fingerprint density at radius 2 is 1.88 bits per heavy atom. The summed E-state index contributed by atoms with van der Waals surface area (Å²) in [5, 5.41) is 11.1. The number of halogens is 2. The van der Waals surface area contributed by atoms with Crippen molar-refractivity contribution in [3.63, 3.8) is 0 Å². The number of carbonyl (C=O) groups is 3. The van der Waals surface area contributed by atoms with Crippen LogP contribution in [0.2, 0.25) is 5.02 Å². The number of carbonyl (C=O) groups excluding carboxylic acids is 3.